The highest BCUT2D eigenvalue weighted by molar-refractivity contribution is 5.88. The first-order valence-electron chi connectivity index (χ1n) is 6.87. The molecular formula is C18H16O5. The molecule has 0 aliphatic rings. The van der Waals surface area contributed by atoms with Crippen molar-refractivity contribution < 1.29 is 24.2 Å². The van der Waals surface area contributed by atoms with Crippen LogP contribution in [0, 0.1) is 0 Å². The average Bonchev–Trinajstić information content (AvgIpc) is 2.53. The Morgan fingerprint density at radius 1 is 0.957 bits per heavy atom. The molecule has 1 N–H and O–H groups in total. The molecule has 2 rings (SSSR count). The molecule has 0 fully saturated rings. The predicted molar refractivity (Wildman–Crippen MR) is 86.6 cm³/mol. The number of ether oxygens (including phenoxy) is 2. The van der Waals surface area contributed by atoms with Gasteiger partial charge < -0.3 is 14.6 Å². The van der Waals surface area contributed by atoms with E-state index in [1.165, 1.54) is 14.0 Å². The van der Waals surface area contributed by atoms with Gasteiger partial charge in [0.05, 0.1) is 12.7 Å². The van der Waals surface area contributed by atoms with Gasteiger partial charge in [-0.15, -0.1) is 0 Å². The SMILES string of the molecule is COc1cc(C=Cc2ccc(C(=O)O)cc2)ccc1OC(C)=O. The Balaban J connectivity index is 2.18. The van der Waals surface area contributed by atoms with E-state index in [2.05, 4.69) is 0 Å². The summed E-state index contributed by atoms with van der Waals surface area (Å²) >= 11 is 0. The highest BCUT2D eigenvalue weighted by Crippen LogP contribution is 2.29. The van der Waals surface area contributed by atoms with Crippen molar-refractivity contribution >= 4 is 24.1 Å². The van der Waals surface area contributed by atoms with E-state index in [0.29, 0.717) is 11.5 Å². The fourth-order valence-electron chi connectivity index (χ4n) is 1.96. The van der Waals surface area contributed by atoms with E-state index >= 15 is 0 Å². The minimum Gasteiger partial charge on any atom is -0.493 e. The normalized spacial score (nSPS) is 10.5. The number of carboxylic acids is 1. The molecule has 2 aromatic carbocycles. The molecule has 0 aromatic heterocycles. The monoisotopic (exact) mass is 312 g/mol. The van der Waals surface area contributed by atoms with Gasteiger partial charge in [-0.1, -0.05) is 30.4 Å². The van der Waals surface area contributed by atoms with Crippen LogP contribution in [0.5, 0.6) is 11.5 Å². The van der Waals surface area contributed by atoms with Gasteiger partial charge in [0.1, 0.15) is 0 Å². The first kappa shape index (κ1) is 16.3. The Labute approximate surface area is 133 Å². The van der Waals surface area contributed by atoms with Gasteiger partial charge in [0.2, 0.25) is 0 Å². The molecule has 0 spiro atoms. The molecule has 0 unspecified atom stereocenters. The molecule has 2 aromatic rings. The van der Waals surface area contributed by atoms with Crippen molar-refractivity contribution in [1.82, 2.24) is 0 Å². The number of rotatable bonds is 5. The van der Waals surface area contributed by atoms with Crippen molar-refractivity contribution in [2.24, 2.45) is 0 Å². The number of esters is 1. The Kier molecular flexibility index (Phi) is 5.15. The topological polar surface area (TPSA) is 72.8 Å². The summed E-state index contributed by atoms with van der Waals surface area (Å²) in [6, 6.07) is 11.8. The third-order valence-electron chi connectivity index (χ3n) is 3.07. The van der Waals surface area contributed by atoms with Crippen LogP contribution in [0.3, 0.4) is 0 Å². The number of methoxy groups -OCH3 is 1. The minimum absolute atomic E-state index is 0.245. The molecule has 0 aliphatic carbocycles. The highest BCUT2D eigenvalue weighted by Gasteiger charge is 2.07. The highest BCUT2D eigenvalue weighted by atomic mass is 16.6. The molecule has 0 saturated carbocycles. The van der Waals surface area contributed by atoms with Crippen molar-refractivity contribution in [1.29, 1.82) is 0 Å². The molecule has 5 heteroatoms. The van der Waals surface area contributed by atoms with Gasteiger partial charge in [0, 0.05) is 6.92 Å². The van der Waals surface area contributed by atoms with Crippen LogP contribution in [-0.2, 0) is 4.79 Å². The average molecular weight is 312 g/mol. The Morgan fingerprint density at radius 2 is 1.57 bits per heavy atom. The Morgan fingerprint density at radius 3 is 2.13 bits per heavy atom. The number of aromatic carboxylic acids is 1. The van der Waals surface area contributed by atoms with Gasteiger partial charge in [-0.2, -0.15) is 0 Å². The number of hydrogen-bond donors (Lipinski definition) is 1. The second-order valence-corrected chi connectivity index (χ2v) is 4.76. The predicted octanol–water partition coefficient (Wildman–Crippen LogP) is 3.49. The Hall–Kier alpha value is -3.08. The van der Waals surface area contributed by atoms with Crippen molar-refractivity contribution in [2.45, 2.75) is 6.92 Å². The zero-order chi connectivity index (χ0) is 16.8. The van der Waals surface area contributed by atoms with Gasteiger partial charge >= 0.3 is 11.9 Å². The van der Waals surface area contributed by atoms with E-state index in [4.69, 9.17) is 14.6 Å². The summed E-state index contributed by atoms with van der Waals surface area (Å²) in [5.74, 6) is -0.539. The van der Waals surface area contributed by atoms with Crippen LogP contribution >= 0.6 is 0 Å². The lowest BCUT2D eigenvalue weighted by Gasteiger charge is -2.08. The fraction of sp³-hybridized carbons (Fsp3) is 0.111. The summed E-state index contributed by atoms with van der Waals surface area (Å²) in [6.07, 6.45) is 3.71. The van der Waals surface area contributed by atoms with Gasteiger partial charge in [0.25, 0.3) is 0 Å². The van der Waals surface area contributed by atoms with Gasteiger partial charge in [-0.3, -0.25) is 4.79 Å². The van der Waals surface area contributed by atoms with Crippen molar-refractivity contribution in [3.8, 4) is 11.5 Å². The van der Waals surface area contributed by atoms with Crippen LogP contribution in [0.4, 0.5) is 0 Å². The van der Waals surface area contributed by atoms with E-state index in [1.807, 2.05) is 12.2 Å². The van der Waals surface area contributed by atoms with Crippen molar-refractivity contribution in [3.05, 3.63) is 59.2 Å². The number of carbonyl (C=O) groups is 2. The second kappa shape index (κ2) is 7.26. The molecule has 0 atom stereocenters. The minimum atomic E-state index is -0.952. The molecule has 23 heavy (non-hydrogen) atoms. The summed E-state index contributed by atoms with van der Waals surface area (Å²) in [6.45, 7) is 1.33. The van der Waals surface area contributed by atoms with E-state index < -0.39 is 11.9 Å². The molecule has 0 saturated heterocycles. The lowest BCUT2D eigenvalue weighted by atomic mass is 10.1. The van der Waals surface area contributed by atoms with Crippen molar-refractivity contribution in [2.75, 3.05) is 7.11 Å². The van der Waals surface area contributed by atoms with Crippen LogP contribution in [-0.4, -0.2) is 24.2 Å². The third kappa shape index (κ3) is 4.44. The largest absolute Gasteiger partial charge is 0.493 e. The smallest absolute Gasteiger partial charge is 0.335 e. The van der Waals surface area contributed by atoms with Crippen LogP contribution in [0.25, 0.3) is 12.2 Å². The van der Waals surface area contributed by atoms with Crippen LogP contribution in [0.15, 0.2) is 42.5 Å². The molecule has 0 heterocycles. The first-order valence-corrected chi connectivity index (χ1v) is 6.87. The summed E-state index contributed by atoms with van der Waals surface area (Å²) in [7, 11) is 1.50. The summed E-state index contributed by atoms with van der Waals surface area (Å²) < 4.78 is 10.3. The van der Waals surface area contributed by atoms with E-state index in [9.17, 15) is 9.59 Å². The van der Waals surface area contributed by atoms with E-state index in [-0.39, 0.29) is 5.56 Å². The maximum atomic E-state index is 11.0. The lowest BCUT2D eigenvalue weighted by Crippen LogP contribution is -2.02. The summed E-state index contributed by atoms with van der Waals surface area (Å²) in [5.41, 5.74) is 1.98. The zero-order valence-electron chi connectivity index (χ0n) is 12.8. The molecule has 0 amide bonds. The maximum Gasteiger partial charge on any atom is 0.335 e. The summed E-state index contributed by atoms with van der Waals surface area (Å²) in [5, 5.41) is 8.86. The van der Waals surface area contributed by atoms with E-state index in [0.717, 1.165) is 11.1 Å². The standard InChI is InChI=1S/C18H16O5/c1-12(19)23-16-10-7-14(11-17(16)22-2)4-3-13-5-8-15(9-6-13)18(20)21/h3-11H,1-2H3,(H,20,21). The van der Waals surface area contributed by atoms with Crippen molar-refractivity contribution in [3.63, 3.8) is 0 Å². The van der Waals surface area contributed by atoms with Gasteiger partial charge in [-0.05, 0) is 35.4 Å². The van der Waals surface area contributed by atoms with Crippen LogP contribution in [0.1, 0.15) is 28.4 Å². The van der Waals surface area contributed by atoms with Crippen LogP contribution < -0.4 is 9.47 Å². The molecule has 0 radical (unpaired) electrons. The molecular weight excluding hydrogens is 296 g/mol. The molecule has 5 nitrogen and oxygen atoms in total. The second-order valence-electron chi connectivity index (χ2n) is 4.76. The molecule has 0 bridgehead atoms. The fourth-order valence-corrected chi connectivity index (χ4v) is 1.96. The first-order chi connectivity index (χ1) is 11.0. The molecule has 0 aliphatic heterocycles. The quantitative estimate of drug-likeness (QED) is 0.520. The number of hydrogen-bond acceptors (Lipinski definition) is 4. The zero-order valence-corrected chi connectivity index (χ0v) is 12.8. The van der Waals surface area contributed by atoms with Gasteiger partial charge in [0.15, 0.2) is 11.5 Å². The Bertz CT molecular complexity index is 745. The molecule has 118 valence electrons. The number of carbonyl (C=O) groups excluding carboxylic acids is 1. The summed E-state index contributed by atoms with van der Waals surface area (Å²) in [4.78, 5) is 21.8. The number of benzene rings is 2. The maximum absolute atomic E-state index is 11.0. The van der Waals surface area contributed by atoms with Gasteiger partial charge in [-0.25, -0.2) is 4.79 Å². The lowest BCUT2D eigenvalue weighted by molar-refractivity contribution is -0.132. The van der Waals surface area contributed by atoms with E-state index in [1.54, 1.807) is 42.5 Å². The third-order valence-corrected chi connectivity index (χ3v) is 3.07. The van der Waals surface area contributed by atoms with Crippen LogP contribution in [0.2, 0.25) is 0 Å². The number of carboxylic acid groups (broad SMARTS) is 1.